The normalized spacial score (nSPS) is 19.5. The van der Waals surface area contributed by atoms with Crippen molar-refractivity contribution in [3.05, 3.63) is 46.5 Å². The van der Waals surface area contributed by atoms with Crippen LogP contribution in [-0.2, 0) is 16.6 Å². The summed E-state index contributed by atoms with van der Waals surface area (Å²) in [4.78, 5) is -0.356. The highest BCUT2D eigenvalue weighted by Crippen LogP contribution is 2.31. The molecular formula is C13H13ClFN3O2S. The number of nitrogens with one attached hydrogen (secondary N) is 1. The second-order valence-electron chi connectivity index (χ2n) is 5.08. The lowest BCUT2D eigenvalue weighted by Crippen LogP contribution is -2.37. The molecule has 0 spiro atoms. The van der Waals surface area contributed by atoms with E-state index in [2.05, 4.69) is 10.2 Å². The zero-order valence-corrected chi connectivity index (χ0v) is 12.7. The second-order valence-corrected chi connectivity index (χ2v) is 7.43. The van der Waals surface area contributed by atoms with Gasteiger partial charge in [-0.1, -0.05) is 18.5 Å². The van der Waals surface area contributed by atoms with Crippen LogP contribution in [0.1, 0.15) is 24.1 Å². The molecule has 0 aliphatic carbocycles. The number of rotatable bonds is 2. The van der Waals surface area contributed by atoms with Gasteiger partial charge >= 0.3 is 0 Å². The zero-order chi connectivity index (χ0) is 15.2. The van der Waals surface area contributed by atoms with Crippen LogP contribution in [0.5, 0.6) is 0 Å². The molecule has 0 bridgehead atoms. The second kappa shape index (κ2) is 5.08. The molecule has 0 fully saturated rings. The lowest BCUT2D eigenvalue weighted by molar-refractivity contribution is 0.359. The van der Waals surface area contributed by atoms with Crippen molar-refractivity contribution >= 4 is 21.6 Å². The number of aromatic amines is 1. The Kier molecular flexibility index (Phi) is 3.51. The summed E-state index contributed by atoms with van der Waals surface area (Å²) in [6.45, 7) is 2.36. The predicted octanol–water partition coefficient (Wildman–Crippen LogP) is 2.51. The SMILES string of the molecule is CC1CN(S(=O)(=O)c2ccc(Cl)cc2F)Cc2cn[nH]c21. The van der Waals surface area contributed by atoms with Crippen LogP contribution in [0.25, 0.3) is 0 Å². The monoisotopic (exact) mass is 329 g/mol. The van der Waals surface area contributed by atoms with E-state index in [1.165, 1.54) is 16.4 Å². The number of sulfonamides is 1. The summed E-state index contributed by atoms with van der Waals surface area (Å²) < 4.78 is 40.4. The Morgan fingerprint density at radius 2 is 2.24 bits per heavy atom. The summed E-state index contributed by atoms with van der Waals surface area (Å²) >= 11 is 5.67. The molecule has 1 aromatic heterocycles. The molecule has 1 aliphatic heterocycles. The molecule has 2 aromatic rings. The number of hydrogen-bond acceptors (Lipinski definition) is 3. The van der Waals surface area contributed by atoms with Crippen molar-refractivity contribution in [2.75, 3.05) is 6.54 Å². The average molecular weight is 330 g/mol. The van der Waals surface area contributed by atoms with Crippen molar-refractivity contribution in [2.45, 2.75) is 24.3 Å². The Hall–Kier alpha value is -1.44. The van der Waals surface area contributed by atoms with Gasteiger partial charge in [0.2, 0.25) is 10.0 Å². The van der Waals surface area contributed by atoms with Crippen LogP contribution in [0.3, 0.4) is 0 Å². The molecule has 1 atom stereocenters. The van der Waals surface area contributed by atoms with Crippen LogP contribution in [0.15, 0.2) is 29.3 Å². The molecule has 1 aromatic carbocycles. The molecule has 0 saturated heterocycles. The topological polar surface area (TPSA) is 66.1 Å². The van der Waals surface area contributed by atoms with Gasteiger partial charge < -0.3 is 0 Å². The van der Waals surface area contributed by atoms with E-state index in [1.807, 2.05) is 6.92 Å². The van der Waals surface area contributed by atoms with Crippen LogP contribution in [0, 0.1) is 5.82 Å². The maximum atomic E-state index is 13.9. The van der Waals surface area contributed by atoms with E-state index in [0.29, 0.717) is 0 Å². The highest BCUT2D eigenvalue weighted by atomic mass is 35.5. The molecule has 3 rings (SSSR count). The molecule has 2 heterocycles. The van der Waals surface area contributed by atoms with E-state index in [0.717, 1.165) is 17.3 Å². The van der Waals surface area contributed by atoms with Crippen LogP contribution in [-0.4, -0.2) is 29.5 Å². The van der Waals surface area contributed by atoms with Crippen molar-refractivity contribution in [3.63, 3.8) is 0 Å². The van der Waals surface area contributed by atoms with Crippen molar-refractivity contribution in [2.24, 2.45) is 0 Å². The molecule has 5 nitrogen and oxygen atoms in total. The summed E-state index contributed by atoms with van der Waals surface area (Å²) in [5.74, 6) is -0.866. The van der Waals surface area contributed by atoms with Gasteiger partial charge in [-0.3, -0.25) is 5.10 Å². The molecule has 0 saturated carbocycles. The van der Waals surface area contributed by atoms with E-state index in [4.69, 9.17) is 11.6 Å². The van der Waals surface area contributed by atoms with E-state index in [1.54, 1.807) is 6.20 Å². The minimum atomic E-state index is -3.90. The fraction of sp³-hybridized carbons (Fsp3) is 0.308. The van der Waals surface area contributed by atoms with Crippen molar-refractivity contribution < 1.29 is 12.8 Å². The summed E-state index contributed by atoms with van der Waals surface area (Å²) in [5.41, 5.74) is 1.74. The van der Waals surface area contributed by atoms with Crippen LogP contribution >= 0.6 is 11.6 Å². The third-order valence-electron chi connectivity index (χ3n) is 3.58. The molecule has 112 valence electrons. The smallest absolute Gasteiger partial charge is 0.246 e. The summed E-state index contributed by atoms with van der Waals surface area (Å²) in [6.07, 6.45) is 1.60. The lowest BCUT2D eigenvalue weighted by atomic mass is 10.0. The molecule has 0 amide bonds. The molecule has 0 radical (unpaired) electrons. The predicted molar refractivity (Wildman–Crippen MR) is 76.0 cm³/mol. The summed E-state index contributed by atoms with van der Waals surface area (Å²) in [6, 6.07) is 3.57. The van der Waals surface area contributed by atoms with Gasteiger partial charge in [0.25, 0.3) is 0 Å². The van der Waals surface area contributed by atoms with Crippen LogP contribution in [0.4, 0.5) is 4.39 Å². The first kappa shape index (κ1) is 14.5. The Balaban J connectivity index is 2.00. The molecule has 8 heteroatoms. The Morgan fingerprint density at radius 3 is 2.95 bits per heavy atom. The number of hydrogen-bond donors (Lipinski definition) is 1. The molecular weight excluding hydrogens is 317 g/mol. The first-order chi connectivity index (χ1) is 9.89. The Morgan fingerprint density at radius 1 is 1.48 bits per heavy atom. The van der Waals surface area contributed by atoms with Gasteiger partial charge in [0.05, 0.1) is 6.20 Å². The van der Waals surface area contributed by atoms with E-state index in [9.17, 15) is 12.8 Å². The van der Waals surface area contributed by atoms with Gasteiger partial charge in [-0.2, -0.15) is 9.40 Å². The summed E-state index contributed by atoms with van der Waals surface area (Å²) in [7, 11) is -3.90. The largest absolute Gasteiger partial charge is 0.282 e. The molecule has 1 unspecified atom stereocenters. The number of aromatic nitrogens is 2. The number of nitrogens with zero attached hydrogens (tertiary/aromatic N) is 2. The van der Waals surface area contributed by atoms with Gasteiger partial charge in [0.15, 0.2) is 0 Å². The fourth-order valence-corrected chi connectivity index (χ4v) is 4.24. The minimum absolute atomic E-state index is 0.0265. The van der Waals surface area contributed by atoms with Crippen molar-refractivity contribution in [3.8, 4) is 0 Å². The molecule has 1 N–H and O–H groups in total. The third-order valence-corrected chi connectivity index (χ3v) is 5.66. The quantitative estimate of drug-likeness (QED) is 0.920. The Labute approximate surface area is 126 Å². The van der Waals surface area contributed by atoms with Gasteiger partial charge in [-0.15, -0.1) is 0 Å². The number of H-pyrrole nitrogens is 1. The van der Waals surface area contributed by atoms with Gasteiger partial charge in [0, 0.05) is 35.3 Å². The number of fused-ring (bicyclic) bond motifs is 1. The van der Waals surface area contributed by atoms with Gasteiger partial charge in [-0.05, 0) is 18.2 Å². The molecule has 21 heavy (non-hydrogen) atoms. The third kappa shape index (κ3) is 2.45. The number of benzene rings is 1. The average Bonchev–Trinajstić information content (AvgIpc) is 2.87. The van der Waals surface area contributed by atoms with Crippen LogP contribution < -0.4 is 0 Å². The van der Waals surface area contributed by atoms with E-state index < -0.39 is 15.8 Å². The number of halogens is 2. The fourth-order valence-electron chi connectivity index (χ4n) is 2.53. The molecule has 1 aliphatic rings. The van der Waals surface area contributed by atoms with Gasteiger partial charge in [0.1, 0.15) is 10.7 Å². The van der Waals surface area contributed by atoms with Crippen molar-refractivity contribution in [1.82, 2.24) is 14.5 Å². The first-order valence-electron chi connectivity index (χ1n) is 6.37. The van der Waals surface area contributed by atoms with Crippen LogP contribution in [0.2, 0.25) is 5.02 Å². The maximum absolute atomic E-state index is 13.9. The summed E-state index contributed by atoms with van der Waals surface area (Å²) in [5, 5.41) is 6.97. The minimum Gasteiger partial charge on any atom is -0.282 e. The highest BCUT2D eigenvalue weighted by molar-refractivity contribution is 7.89. The zero-order valence-electron chi connectivity index (χ0n) is 11.2. The Bertz CT molecular complexity index is 790. The lowest BCUT2D eigenvalue weighted by Gasteiger charge is -2.29. The van der Waals surface area contributed by atoms with Crippen molar-refractivity contribution in [1.29, 1.82) is 0 Å². The van der Waals surface area contributed by atoms with E-state index >= 15 is 0 Å². The highest BCUT2D eigenvalue weighted by Gasteiger charge is 2.34. The first-order valence-corrected chi connectivity index (χ1v) is 8.18. The van der Waals surface area contributed by atoms with E-state index in [-0.39, 0.29) is 28.9 Å². The standard InChI is InChI=1S/C13H13ClFN3O2S/c1-8-6-18(7-9-5-16-17-13(8)9)21(19,20)12-3-2-10(14)4-11(12)15/h2-5,8H,6-7H2,1H3,(H,16,17). The van der Waals surface area contributed by atoms with Gasteiger partial charge in [-0.25, -0.2) is 12.8 Å². The maximum Gasteiger partial charge on any atom is 0.246 e.